The minimum absolute atomic E-state index is 0.00314. The van der Waals surface area contributed by atoms with Gasteiger partial charge >= 0.3 is 12.2 Å². The molecule has 0 radical (unpaired) electrons. The van der Waals surface area contributed by atoms with Crippen LogP contribution in [-0.2, 0) is 14.3 Å². The smallest absolute Gasteiger partial charge is 0.417 e. The lowest BCUT2D eigenvalue weighted by molar-refractivity contribution is -0.127. The Morgan fingerprint density at radius 3 is 2.00 bits per heavy atom. The van der Waals surface area contributed by atoms with Crippen LogP contribution in [0.3, 0.4) is 0 Å². The van der Waals surface area contributed by atoms with Crippen molar-refractivity contribution in [2.45, 2.75) is 56.8 Å². The Kier molecular flexibility index (Phi) is 6.34. The molecular weight excluding hydrogens is 359 g/mol. The summed E-state index contributed by atoms with van der Waals surface area (Å²) >= 11 is 11.4. The van der Waals surface area contributed by atoms with Crippen LogP contribution in [0.25, 0.3) is 0 Å². The van der Waals surface area contributed by atoms with Crippen molar-refractivity contribution in [1.82, 2.24) is 9.80 Å². The van der Waals surface area contributed by atoms with Gasteiger partial charge in [0.15, 0.2) is 11.1 Å². The van der Waals surface area contributed by atoms with Crippen LogP contribution in [0.1, 0.15) is 39.5 Å². The van der Waals surface area contributed by atoms with Crippen LogP contribution in [0.5, 0.6) is 0 Å². The molecule has 0 aromatic rings. The highest BCUT2D eigenvalue weighted by atomic mass is 35.5. The molecule has 3 atom stereocenters. The number of hydrogen-bond donors (Lipinski definition) is 0. The van der Waals surface area contributed by atoms with E-state index in [-0.39, 0.29) is 5.78 Å². The Morgan fingerprint density at radius 1 is 1.08 bits per heavy atom. The molecule has 0 N–H and O–H groups in total. The minimum Gasteiger partial charge on any atom is -0.430 e. The predicted molar refractivity (Wildman–Crippen MR) is 87.2 cm³/mol. The zero-order chi connectivity index (χ0) is 17.9. The van der Waals surface area contributed by atoms with Crippen molar-refractivity contribution >= 4 is 41.2 Å². The summed E-state index contributed by atoms with van der Waals surface area (Å²) in [6.07, 6.45) is 3.12. The monoisotopic (exact) mass is 378 g/mol. The van der Waals surface area contributed by atoms with E-state index in [0.717, 1.165) is 12.8 Å². The second-order valence-corrected chi connectivity index (χ2v) is 6.93. The molecule has 1 saturated carbocycles. The molecule has 0 aromatic heterocycles. The zero-order valence-corrected chi connectivity index (χ0v) is 15.0. The number of nitrogens with zero attached hydrogens (tertiary/aromatic N) is 2. The topological polar surface area (TPSA) is 76.2 Å². The summed E-state index contributed by atoms with van der Waals surface area (Å²) in [4.78, 5) is 39.2. The second kappa shape index (κ2) is 8.07. The maximum absolute atomic E-state index is 12.3. The van der Waals surface area contributed by atoms with E-state index in [2.05, 4.69) is 0 Å². The van der Waals surface area contributed by atoms with Crippen molar-refractivity contribution in [2.24, 2.45) is 5.92 Å². The molecule has 2 aliphatic rings. The first kappa shape index (κ1) is 18.9. The summed E-state index contributed by atoms with van der Waals surface area (Å²) in [5.74, 6) is -0.506. The Labute approximate surface area is 150 Å². The van der Waals surface area contributed by atoms with Crippen molar-refractivity contribution in [2.75, 3.05) is 0 Å². The molecule has 2 amide bonds. The van der Waals surface area contributed by atoms with Gasteiger partial charge in [0.05, 0.1) is 5.92 Å². The fourth-order valence-electron chi connectivity index (χ4n) is 2.90. The van der Waals surface area contributed by atoms with Gasteiger partial charge in [-0.3, -0.25) is 14.6 Å². The molecule has 24 heavy (non-hydrogen) atoms. The lowest BCUT2D eigenvalue weighted by Crippen LogP contribution is -2.52. The van der Waals surface area contributed by atoms with Crippen LogP contribution in [0.15, 0.2) is 12.4 Å². The molecule has 2 rings (SSSR count). The first-order chi connectivity index (χ1) is 11.3. The third-order valence-electron chi connectivity index (χ3n) is 3.87. The summed E-state index contributed by atoms with van der Waals surface area (Å²) in [6.45, 7) is 3.00. The Hall–Kier alpha value is -1.47. The third-order valence-corrected chi connectivity index (χ3v) is 4.05. The van der Waals surface area contributed by atoms with E-state index < -0.39 is 35.4 Å². The van der Waals surface area contributed by atoms with Crippen molar-refractivity contribution in [3.63, 3.8) is 0 Å². The molecule has 0 saturated heterocycles. The van der Waals surface area contributed by atoms with Gasteiger partial charge in [-0.15, -0.1) is 0 Å². The third kappa shape index (κ3) is 4.33. The Bertz CT molecular complexity index is 506. The number of rotatable bonds is 3. The first-order valence-corrected chi connectivity index (χ1v) is 8.65. The minimum atomic E-state index is -0.836. The molecule has 0 aromatic carbocycles. The van der Waals surface area contributed by atoms with Crippen LogP contribution < -0.4 is 0 Å². The van der Waals surface area contributed by atoms with Crippen LogP contribution in [0, 0.1) is 5.92 Å². The molecule has 7 nitrogen and oxygen atoms in total. The molecule has 3 unspecified atom stereocenters. The first-order valence-electron chi connectivity index (χ1n) is 7.78. The molecule has 134 valence electrons. The maximum atomic E-state index is 12.3. The standard InChI is InChI=1S/C15H20Cl2N2O5/c1-9(16)23-14(21)18-7-8-19(15(22)24-10(2)17)13(18)11-5-3-4-6-12(11)20/h7-11,13H,3-6H2,1-2H3. The second-order valence-electron chi connectivity index (χ2n) is 5.70. The van der Waals surface area contributed by atoms with Crippen LogP contribution in [0.4, 0.5) is 9.59 Å². The SMILES string of the molecule is CC(Cl)OC(=O)N1C=CN(C(=O)OC(C)Cl)C1C1CCCCC1=O. The van der Waals surface area contributed by atoms with Gasteiger partial charge < -0.3 is 9.47 Å². The number of amides is 2. The van der Waals surface area contributed by atoms with Gasteiger partial charge in [0.2, 0.25) is 0 Å². The molecule has 1 heterocycles. The number of carbonyl (C=O) groups excluding carboxylic acids is 3. The van der Waals surface area contributed by atoms with Crippen LogP contribution in [-0.4, -0.2) is 45.1 Å². The highest BCUT2D eigenvalue weighted by molar-refractivity contribution is 6.20. The number of Topliss-reactive ketones (excluding diaryl/α,β-unsaturated/α-hetero) is 1. The number of halogens is 2. The van der Waals surface area contributed by atoms with Gasteiger partial charge in [-0.05, 0) is 26.7 Å². The van der Waals surface area contributed by atoms with Crippen LogP contribution in [0.2, 0.25) is 0 Å². The van der Waals surface area contributed by atoms with E-state index in [1.165, 1.54) is 36.0 Å². The molecule has 1 aliphatic carbocycles. The molecule has 0 spiro atoms. The summed E-state index contributed by atoms with van der Waals surface area (Å²) in [7, 11) is 0. The molecular formula is C15H20Cl2N2O5. The normalized spacial score (nSPS) is 26.2. The van der Waals surface area contributed by atoms with Crippen molar-refractivity contribution < 1.29 is 23.9 Å². The highest BCUT2D eigenvalue weighted by Crippen LogP contribution is 2.33. The number of ether oxygens (including phenoxy) is 2. The van der Waals surface area contributed by atoms with Gasteiger partial charge in [0, 0.05) is 18.8 Å². The molecule has 1 fully saturated rings. The van der Waals surface area contributed by atoms with E-state index in [1.807, 2.05) is 0 Å². The number of ketones is 1. The summed E-state index contributed by atoms with van der Waals surface area (Å²) < 4.78 is 9.97. The fourth-order valence-corrected chi connectivity index (χ4v) is 3.06. The largest absolute Gasteiger partial charge is 0.430 e. The van der Waals surface area contributed by atoms with Gasteiger partial charge in [0.25, 0.3) is 0 Å². The lowest BCUT2D eigenvalue weighted by Gasteiger charge is -2.36. The van der Waals surface area contributed by atoms with E-state index in [9.17, 15) is 14.4 Å². The van der Waals surface area contributed by atoms with Gasteiger partial charge in [-0.1, -0.05) is 29.6 Å². The van der Waals surface area contributed by atoms with Gasteiger partial charge in [-0.25, -0.2) is 9.59 Å². The summed E-state index contributed by atoms with van der Waals surface area (Å²) in [5.41, 5.74) is -1.67. The van der Waals surface area contributed by atoms with E-state index in [1.54, 1.807) is 0 Å². The van der Waals surface area contributed by atoms with E-state index in [4.69, 9.17) is 32.7 Å². The maximum Gasteiger partial charge on any atom is 0.417 e. The quantitative estimate of drug-likeness (QED) is 0.701. The average Bonchev–Trinajstić information content (AvgIpc) is 2.91. The fraction of sp³-hybridized carbons (Fsp3) is 0.667. The predicted octanol–water partition coefficient (Wildman–Crippen LogP) is 3.60. The van der Waals surface area contributed by atoms with E-state index in [0.29, 0.717) is 12.8 Å². The van der Waals surface area contributed by atoms with Crippen molar-refractivity contribution in [3.8, 4) is 0 Å². The molecule has 1 aliphatic heterocycles. The highest BCUT2D eigenvalue weighted by Gasteiger charge is 2.45. The van der Waals surface area contributed by atoms with Crippen molar-refractivity contribution in [3.05, 3.63) is 12.4 Å². The Balaban J connectivity index is 2.24. The molecule has 9 heteroatoms. The Morgan fingerprint density at radius 2 is 1.58 bits per heavy atom. The number of alkyl halides is 2. The number of hydrogen-bond acceptors (Lipinski definition) is 5. The van der Waals surface area contributed by atoms with Gasteiger partial charge in [-0.2, -0.15) is 0 Å². The summed E-state index contributed by atoms with van der Waals surface area (Å²) in [6, 6.07) is 0. The van der Waals surface area contributed by atoms with Crippen LogP contribution >= 0.6 is 23.2 Å². The van der Waals surface area contributed by atoms with Gasteiger partial charge in [0.1, 0.15) is 11.9 Å². The average molecular weight is 379 g/mol. The molecule has 0 bridgehead atoms. The van der Waals surface area contributed by atoms with E-state index >= 15 is 0 Å². The zero-order valence-electron chi connectivity index (χ0n) is 13.5. The van der Waals surface area contributed by atoms with Crippen molar-refractivity contribution in [1.29, 1.82) is 0 Å². The number of carbonyl (C=O) groups is 3. The lowest BCUT2D eigenvalue weighted by atomic mass is 9.85. The summed E-state index contributed by atoms with van der Waals surface area (Å²) in [5, 5.41) is 0.